The second-order valence-corrected chi connectivity index (χ2v) is 8.12. The van der Waals surface area contributed by atoms with E-state index in [1.165, 1.54) is 19.2 Å². The molecule has 2 amide bonds. The lowest BCUT2D eigenvalue weighted by Gasteiger charge is -2.17. The SMILES string of the molecule is COC(CNC(=O)OCC1c2ccccc2-c2ccccc21)CC(=O)NCc1ccc(C(=O)O)o1. The van der Waals surface area contributed by atoms with E-state index in [1.54, 1.807) is 0 Å². The van der Waals surface area contributed by atoms with Crippen LogP contribution in [-0.4, -0.2) is 49.4 Å². The van der Waals surface area contributed by atoms with Gasteiger partial charge in [0, 0.05) is 19.6 Å². The molecule has 9 heteroatoms. The van der Waals surface area contributed by atoms with E-state index >= 15 is 0 Å². The first-order chi connectivity index (χ1) is 17.0. The van der Waals surface area contributed by atoms with Crippen LogP contribution >= 0.6 is 0 Å². The number of fused-ring (bicyclic) bond motifs is 3. The molecule has 1 aliphatic carbocycles. The highest BCUT2D eigenvalue weighted by Crippen LogP contribution is 2.44. The van der Waals surface area contributed by atoms with Crippen LogP contribution in [0, 0.1) is 0 Å². The van der Waals surface area contributed by atoms with E-state index in [9.17, 15) is 14.4 Å². The van der Waals surface area contributed by atoms with Gasteiger partial charge in [-0.25, -0.2) is 9.59 Å². The Morgan fingerprint density at radius 1 is 0.971 bits per heavy atom. The molecular weight excluding hydrogens is 452 g/mol. The molecule has 0 saturated carbocycles. The lowest BCUT2D eigenvalue weighted by Crippen LogP contribution is -2.37. The van der Waals surface area contributed by atoms with Crippen molar-refractivity contribution in [1.82, 2.24) is 10.6 Å². The van der Waals surface area contributed by atoms with E-state index in [2.05, 4.69) is 22.8 Å². The highest BCUT2D eigenvalue weighted by atomic mass is 16.5. The van der Waals surface area contributed by atoms with Gasteiger partial charge in [0.2, 0.25) is 11.7 Å². The molecule has 0 aliphatic heterocycles. The van der Waals surface area contributed by atoms with Gasteiger partial charge in [-0.05, 0) is 34.4 Å². The topological polar surface area (TPSA) is 127 Å². The highest BCUT2D eigenvalue weighted by Gasteiger charge is 2.29. The molecule has 3 N–H and O–H groups in total. The van der Waals surface area contributed by atoms with Crippen molar-refractivity contribution in [3.8, 4) is 11.1 Å². The van der Waals surface area contributed by atoms with Gasteiger partial charge in [-0.3, -0.25) is 4.79 Å². The summed E-state index contributed by atoms with van der Waals surface area (Å²) in [6, 6.07) is 19.0. The number of amides is 2. The summed E-state index contributed by atoms with van der Waals surface area (Å²) in [5.41, 5.74) is 4.55. The number of aromatic carboxylic acids is 1. The average Bonchev–Trinajstić information content (AvgIpc) is 3.47. The molecule has 1 aliphatic rings. The number of nitrogens with one attached hydrogen (secondary N) is 2. The molecule has 0 fully saturated rings. The summed E-state index contributed by atoms with van der Waals surface area (Å²) in [4.78, 5) is 35.4. The molecular formula is C26H26N2O7. The number of methoxy groups -OCH3 is 1. The summed E-state index contributed by atoms with van der Waals surface area (Å²) < 4.78 is 15.9. The average molecular weight is 479 g/mol. The third kappa shape index (κ3) is 5.70. The predicted octanol–water partition coefficient (Wildman–Crippen LogP) is 3.54. The van der Waals surface area contributed by atoms with Crippen molar-refractivity contribution in [2.24, 2.45) is 0 Å². The van der Waals surface area contributed by atoms with Crippen LogP contribution in [-0.2, 0) is 20.8 Å². The fourth-order valence-corrected chi connectivity index (χ4v) is 4.14. The molecule has 4 rings (SSSR count). The van der Waals surface area contributed by atoms with Crippen molar-refractivity contribution in [2.45, 2.75) is 25.0 Å². The molecule has 35 heavy (non-hydrogen) atoms. The van der Waals surface area contributed by atoms with E-state index in [4.69, 9.17) is 19.0 Å². The molecule has 2 aromatic carbocycles. The molecule has 0 spiro atoms. The van der Waals surface area contributed by atoms with Gasteiger partial charge >= 0.3 is 12.1 Å². The van der Waals surface area contributed by atoms with E-state index < -0.39 is 18.2 Å². The summed E-state index contributed by atoms with van der Waals surface area (Å²) in [6.45, 7) is 0.326. The Labute approximate surface area is 202 Å². The number of carboxylic acids is 1. The maximum absolute atomic E-state index is 12.3. The minimum atomic E-state index is -1.18. The number of benzene rings is 2. The monoisotopic (exact) mass is 478 g/mol. The first-order valence-corrected chi connectivity index (χ1v) is 11.2. The number of furan rings is 1. The zero-order valence-electron chi connectivity index (χ0n) is 19.2. The number of carbonyl (C=O) groups excluding carboxylic acids is 2. The summed E-state index contributed by atoms with van der Waals surface area (Å²) in [5, 5.41) is 14.2. The Morgan fingerprint density at radius 2 is 1.63 bits per heavy atom. The number of hydrogen-bond acceptors (Lipinski definition) is 6. The van der Waals surface area contributed by atoms with Gasteiger partial charge in [0.15, 0.2) is 0 Å². The second-order valence-electron chi connectivity index (χ2n) is 8.12. The summed E-state index contributed by atoms with van der Waals surface area (Å²) in [7, 11) is 1.45. The molecule has 1 heterocycles. The van der Waals surface area contributed by atoms with Crippen molar-refractivity contribution in [1.29, 1.82) is 0 Å². The zero-order chi connectivity index (χ0) is 24.8. The predicted molar refractivity (Wildman–Crippen MR) is 126 cm³/mol. The number of ether oxygens (including phenoxy) is 2. The van der Waals surface area contributed by atoms with Crippen LogP contribution in [0.25, 0.3) is 11.1 Å². The fraction of sp³-hybridized carbons (Fsp3) is 0.269. The summed E-state index contributed by atoms with van der Waals surface area (Å²) in [6.07, 6.45) is -1.17. The fourth-order valence-electron chi connectivity index (χ4n) is 4.14. The number of carbonyl (C=O) groups is 3. The standard InChI is InChI=1S/C26H26N2O7/c1-33-17(12-24(29)27-13-16-10-11-23(35-16)25(30)31)14-28-26(32)34-15-22-20-8-4-2-6-18(20)19-7-3-5-9-21(19)22/h2-11,17,22H,12-15H2,1H3,(H,27,29)(H,28,32)(H,30,31). The molecule has 1 atom stereocenters. The van der Waals surface area contributed by atoms with Crippen LogP contribution in [0.5, 0.6) is 0 Å². The van der Waals surface area contributed by atoms with Crippen LogP contribution in [0.4, 0.5) is 4.79 Å². The minimum Gasteiger partial charge on any atom is -0.475 e. The van der Waals surface area contributed by atoms with Crippen molar-refractivity contribution in [2.75, 3.05) is 20.3 Å². The molecule has 0 radical (unpaired) electrons. The molecule has 182 valence electrons. The number of carboxylic acid groups (broad SMARTS) is 1. The van der Waals surface area contributed by atoms with Crippen molar-refractivity contribution >= 4 is 18.0 Å². The lowest BCUT2D eigenvalue weighted by molar-refractivity contribution is -0.123. The smallest absolute Gasteiger partial charge is 0.407 e. The van der Waals surface area contributed by atoms with Gasteiger partial charge in [-0.2, -0.15) is 0 Å². The number of hydrogen-bond donors (Lipinski definition) is 3. The molecule has 1 aromatic heterocycles. The van der Waals surface area contributed by atoms with Crippen molar-refractivity contribution in [3.05, 3.63) is 83.3 Å². The highest BCUT2D eigenvalue weighted by molar-refractivity contribution is 5.84. The van der Waals surface area contributed by atoms with E-state index in [1.807, 2.05) is 36.4 Å². The number of rotatable bonds is 10. The van der Waals surface area contributed by atoms with Crippen LogP contribution < -0.4 is 10.6 Å². The largest absolute Gasteiger partial charge is 0.475 e. The molecule has 0 saturated heterocycles. The van der Waals surface area contributed by atoms with Crippen LogP contribution in [0.1, 0.15) is 39.8 Å². The third-order valence-corrected chi connectivity index (χ3v) is 5.90. The van der Waals surface area contributed by atoms with Crippen molar-refractivity contribution < 1.29 is 33.4 Å². The van der Waals surface area contributed by atoms with E-state index in [-0.39, 0.29) is 43.7 Å². The summed E-state index contributed by atoms with van der Waals surface area (Å²) in [5.74, 6) is -1.43. The van der Waals surface area contributed by atoms with Crippen molar-refractivity contribution in [3.63, 3.8) is 0 Å². The van der Waals surface area contributed by atoms with Crippen LogP contribution in [0.2, 0.25) is 0 Å². The Kier molecular flexibility index (Phi) is 7.47. The Bertz CT molecular complexity index is 1170. The summed E-state index contributed by atoms with van der Waals surface area (Å²) >= 11 is 0. The van der Waals surface area contributed by atoms with Crippen LogP contribution in [0.3, 0.4) is 0 Å². The number of alkyl carbamates (subject to hydrolysis) is 1. The third-order valence-electron chi connectivity index (χ3n) is 5.90. The van der Waals surface area contributed by atoms with Crippen LogP contribution in [0.15, 0.2) is 65.1 Å². The first-order valence-electron chi connectivity index (χ1n) is 11.2. The quantitative estimate of drug-likeness (QED) is 0.407. The normalized spacial score (nSPS) is 12.9. The molecule has 9 nitrogen and oxygen atoms in total. The Balaban J connectivity index is 1.23. The zero-order valence-corrected chi connectivity index (χ0v) is 19.2. The van der Waals surface area contributed by atoms with E-state index in [0.717, 1.165) is 22.3 Å². The van der Waals surface area contributed by atoms with Gasteiger partial charge in [0.1, 0.15) is 12.4 Å². The Hall–Kier alpha value is -4.11. The minimum absolute atomic E-state index is 0.00729. The maximum Gasteiger partial charge on any atom is 0.407 e. The molecule has 1 unspecified atom stereocenters. The lowest BCUT2D eigenvalue weighted by atomic mass is 9.98. The Morgan fingerprint density at radius 3 is 2.23 bits per heavy atom. The maximum atomic E-state index is 12.3. The van der Waals surface area contributed by atoms with Gasteiger partial charge < -0.3 is 29.6 Å². The van der Waals surface area contributed by atoms with Gasteiger partial charge in [-0.1, -0.05) is 48.5 Å². The van der Waals surface area contributed by atoms with E-state index in [0.29, 0.717) is 5.76 Å². The van der Waals surface area contributed by atoms with Gasteiger partial charge in [-0.15, -0.1) is 0 Å². The first kappa shape index (κ1) is 24.0. The molecule has 3 aromatic rings. The molecule has 0 bridgehead atoms. The van der Waals surface area contributed by atoms with Gasteiger partial charge in [0.05, 0.1) is 19.1 Å². The van der Waals surface area contributed by atoms with Gasteiger partial charge in [0.25, 0.3) is 0 Å². The second kappa shape index (κ2) is 10.9.